The molecular formula is C14H30N2O. The van der Waals surface area contributed by atoms with E-state index in [0.717, 1.165) is 19.7 Å². The number of rotatable bonds is 9. The second-order valence-electron chi connectivity index (χ2n) is 5.18. The van der Waals surface area contributed by atoms with E-state index in [1.54, 1.807) is 0 Å². The maximum absolute atomic E-state index is 5.61. The number of hydrogen-bond acceptors (Lipinski definition) is 3. The zero-order valence-corrected chi connectivity index (χ0v) is 11.9. The molecule has 1 aliphatic heterocycles. The SMILES string of the molecule is CCCN(CCC)C(C)CNCC1CCCO1. The molecule has 2 atom stereocenters. The molecule has 0 saturated carbocycles. The van der Waals surface area contributed by atoms with Gasteiger partial charge in [0.1, 0.15) is 0 Å². The van der Waals surface area contributed by atoms with Gasteiger partial charge in [0, 0.05) is 25.7 Å². The lowest BCUT2D eigenvalue weighted by Gasteiger charge is -2.29. The van der Waals surface area contributed by atoms with Crippen molar-refractivity contribution < 1.29 is 4.74 Å². The standard InChI is InChI=1S/C14H30N2O/c1-4-8-16(9-5-2)13(3)11-15-12-14-7-6-10-17-14/h13-15H,4-12H2,1-3H3. The third-order valence-corrected chi connectivity index (χ3v) is 3.48. The summed E-state index contributed by atoms with van der Waals surface area (Å²) in [5.41, 5.74) is 0. The highest BCUT2D eigenvalue weighted by Crippen LogP contribution is 2.10. The smallest absolute Gasteiger partial charge is 0.0700 e. The van der Waals surface area contributed by atoms with Gasteiger partial charge in [-0.15, -0.1) is 0 Å². The molecule has 2 unspecified atom stereocenters. The molecule has 0 aromatic heterocycles. The van der Waals surface area contributed by atoms with Crippen LogP contribution in [0, 0.1) is 0 Å². The molecule has 0 aromatic carbocycles. The fraction of sp³-hybridized carbons (Fsp3) is 1.00. The van der Waals surface area contributed by atoms with Crippen molar-refractivity contribution in [3.8, 4) is 0 Å². The average molecular weight is 242 g/mol. The third kappa shape index (κ3) is 5.84. The molecule has 0 amide bonds. The van der Waals surface area contributed by atoms with Crippen molar-refractivity contribution in [2.45, 2.75) is 58.6 Å². The molecule has 0 aliphatic carbocycles. The Morgan fingerprint density at radius 2 is 2.00 bits per heavy atom. The topological polar surface area (TPSA) is 24.5 Å². The summed E-state index contributed by atoms with van der Waals surface area (Å²) in [4.78, 5) is 2.59. The van der Waals surface area contributed by atoms with Gasteiger partial charge < -0.3 is 10.1 Å². The average Bonchev–Trinajstić information content (AvgIpc) is 2.81. The molecule has 1 N–H and O–H groups in total. The quantitative estimate of drug-likeness (QED) is 0.671. The number of nitrogens with one attached hydrogen (secondary N) is 1. The molecule has 1 rings (SSSR count). The van der Waals surface area contributed by atoms with Gasteiger partial charge in [0.15, 0.2) is 0 Å². The van der Waals surface area contributed by atoms with E-state index in [1.165, 1.54) is 38.8 Å². The van der Waals surface area contributed by atoms with Crippen LogP contribution in [0.15, 0.2) is 0 Å². The van der Waals surface area contributed by atoms with Crippen LogP contribution in [0.3, 0.4) is 0 Å². The molecule has 3 nitrogen and oxygen atoms in total. The van der Waals surface area contributed by atoms with E-state index in [0.29, 0.717) is 12.1 Å². The molecule has 0 aromatic rings. The van der Waals surface area contributed by atoms with Crippen molar-refractivity contribution >= 4 is 0 Å². The highest BCUT2D eigenvalue weighted by molar-refractivity contribution is 4.72. The van der Waals surface area contributed by atoms with Crippen LogP contribution in [-0.2, 0) is 4.74 Å². The van der Waals surface area contributed by atoms with Crippen molar-refractivity contribution in [3.63, 3.8) is 0 Å². The van der Waals surface area contributed by atoms with Crippen molar-refractivity contribution in [2.24, 2.45) is 0 Å². The summed E-state index contributed by atoms with van der Waals surface area (Å²) in [6, 6.07) is 0.635. The Morgan fingerprint density at radius 1 is 1.29 bits per heavy atom. The van der Waals surface area contributed by atoms with Crippen LogP contribution < -0.4 is 5.32 Å². The molecule has 17 heavy (non-hydrogen) atoms. The fourth-order valence-corrected chi connectivity index (χ4v) is 2.51. The Bertz CT molecular complexity index is 175. The zero-order chi connectivity index (χ0) is 12.5. The monoisotopic (exact) mass is 242 g/mol. The summed E-state index contributed by atoms with van der Waals surface area (Å²) in [5.74, 6) is 0. The Hall–Kier alpha value is -0.120. The molecule has 102 valence electrons. The van der Waals surface area contributed by atoms with Crippen LogP contribution in [-0.4, -0.2) is 49.8 Å². The van der Waals surface area contributed by atoms with Crippen LogP contribution in [0.2, 0.25) is 0 Å². The fourth-order valence-electron chi connectivity index (χ4n) is 2.51. The molecule has 1 saturated heterocycles. The predicted octanol–water partition coefficient (Wildman–Crippen LogP) is 2.27. The van der Waals surface area contributed by atoms with Crippen LogP contribution in [0.25, 0.3) is 0 Å². The first-order valence-corrected chi connectivity index (χ1v) is 7.34. The van der Waals surface area contributed by atoms with Gasteiger partial charge in [-0.1, -0.05) is 13.8 Å². The van der Waals surface area contributed by atoms with Gasteiger partial charge in [-0.3, -0.25) is 4.90 Å². The highest BCUT2D eigenvalue weighted by atomic mass is 16.5. The van der Waals surface area contributed by atoms with Gasteiger partial charge in [0.25, 0.3) is 0 Å². The summed E-state index contributed by atoms with van der Waals surface area (Å²) in [6.07, 6.45) is 5.42. The molecule has 1 heterocycles. The van der Waals surface area contributed by atoms with Crippen LogP contribution >= 0.6 is 0 Å². The third-order valence-electron chi connectivity index (χ3n) is 3.48. The number of nitrogens with zero attached hydrogens (tertiary/aromatic N) is 1. The summed E-state index contributed by atoms with van der Waals surface area (Å²) < 4.78 is 5.61. The minimum absolute atomic E-state index is 0.466. The predicted molar refractivity (Wildman–Crippen MR) is 73.5 cm³/mol. The van der Waals surface area contributed by atoms with Crippen molar-refractivity contribution in [3.05, 3.63) is 0 Å². The zero-order valence-electron chi connectivity index (χ0n) is 11.9. The van der Waals surface area contributed by atoms with Gasteiger partial charge in [0.05, 0.1) is 6.10 Å². The molecule has 1 fully saturated rings. The minimum atomic E-state index is 0.466. The van der Waals surface area contributed by atoms with Gasteiger partial charge in [-0.25, -0.2) is 0 Å². The first-order valence-electron chi connectivity index (χ1n) is 7.34. The van der Waals surface area contributed by atoms with Crippen LogP contribution in [0.5, 0.6) is 0 Å². The van der Waals surface area contributed by atoms with E-state index in [2.05, 4.69) is 31.0 Å². The van der Waals surface area contributed by atoms with E-state index in [-0.39, 0.29) is 0 Å². The molecule has 0 spiro atoms. The molecule has 1 aliphatic rings. The molecular weight excluding hydrogens is 212 g/mol. The largest absolute Gasteiger partial charge is 0.377 e. The van der Waals surface area contributed by atoms with Crippen LogP contribution in [0.1, 0.15) is 46.5 Å². The first kappa shape index (κ1) is 14.9. The summed E-state index contributed by atoms with van der Waals surface area (Å²) >= 11 is 0. The second-order valence-corrected chi connectivity index (χ2v) is 5.18. The van der Waals surface area contributed by atoms with E-state index in [9.17, 15) is 0 Å². The molecule has 0 radical (unpaired) electrons. The highest BCUT2D eigenvalue weighted by Gasteiger charge is 2.16. The maximum Gasteiger partial charge on any atom is 0.0700 e. The Kier molecular flexibility index (Phi) is 7.82. The lowest BCUT2D eigenvalue weighted by molar-refractivity contribution is 0.107. The maximum atomic E-state index is 5.61. The van der Waals surface area contributed by atoms with E-state index in [4.69, 9.17) is 4.74 Å². The summed E-state index contributed by atoms with van der Waals surface area (Å²) in [7, 11) is 0. The van der Waals surface area contributed by atoms with Crippen molar-refractivity contribution in [2.75, 3.05) is 32.8 Å². The summed E-state index contributed by atoms with van der Waals surface area (Å²) in [5, 5.41) is 3.56. The minimum Gasteiger partial charge on any atom is -0.377 e. The van der Waals surface area contributed by atoms with E-state index >= 15 is 0 Å². The number of ether oxygens (including phenoxy) is 1. The van der Waals surface area contributed by atoms with E-state index < -0.39 is 0 Å². The summed E-state index contributed by atoms with van der Waals surface area (Å²) in [6.45, 7) is 12.3. The molecule has 3 heteroatoms. The van der Waals surface area contributed by atoms with Crippen molar-refractivity contribution in [1.82, 2.24) is 10.2 Å². The Balaban J connectivity index is 2.13. The van der Waals surface area contributed by atoms with Gasteiger partial charge in [-0.05, 0) is 45.7 Å². The van der Waals surface area contributed by atoms with Gasteiger partial charge in [0.2, 0.25) is 0 Å². The second kappa shape index (κ2) is 8.90. The van der Waals surface area contributed by atoms with Crippen molar-refractivity contribution in [1.29, 1.82) is 0 Å². The van der Waals surface area contributed by atoms with Gasteiger partial charge in [-0.2, -0.15) is 0 Å². The number of hydrogen-bond donors (Lipinski definition) is 1. The lowest BCUT2D eigenvalue weighted by atomic mass is 10.2. The first-order chi connectivity index (χ1) is 8.27. The Morgan fingerprint density at radius 3 is 2.53 bits per heavy atom. The van der Waals surface area contributed by atoms with Crippen LogP contribution in [0.4, 0.5) is 0 Å². The van der Waals surface area contributed by atoms with E-state index in [1.807, 2.05) is 0 Å². The van der Waals surface area contributed by atoms with Gasteiger partial charge >= 0.3 is 0 Å². The normalized spacial score (nSPS) is 22.2. The Labute approximate surface area is 107 Å². The lowest BCUT2D eigenvalue weighted by Crippen LogP contribution is -2.42. The molecule has 0 bridgehead atoms.